The second kappa shape index (κ2) is 8.62. The molecule has 2 atom stereocenters. The van der Waals surface area contributed by atoms with Crippen LogP contribution in [0.3, 0.4) is 0 Å². The Bertz CT molecular complexity index is 623. The van der Waals surface area contributed by atoms with Gasteiger partial charge in [0.2, 0.25) is 5.91 Å². The van der Waals surface area contributed by atoms with Gasteiger partial charge < -0.3 is 20.5 Å². The van der Waals surface area contributed by atoms with E-state index in [1.54, 1.807) is 24.3 Å². The minimum absolute atomic E-state index is 0.0522. The molecule has 136 valence electrons. The Kier molecular flexibility index (Phi) is 6.52. The first-order valence-electron chi connectivity index (χ1n) is 8.41. The average molecular weight is 348 g/mol. The predicted octanol–water partition coefficient (Wildman–Crippen LogP) is 1.89. The summed E-state index contributed by atoms with van der Waals surface area (Å²) in [6.07, 6.45) is 1.77. The molecule has 1 saturated heterocycles. The van der Waals surface area contributed by atoms with Crippen molar-refractivity contribution in [1.29, 1.82) is 0 Å². The standard InChI is InChI=1S/C18H24N2O5/c1-11(13-7-9-25-10-8-13)16(21)20-15-5-3-14(4-6-15)17(22)19-12(2)18(23)24/h3-6,11-13H,7-10H2,1-2H3,(H,19,22)(H,20,21)(H,23,24). The van der Waals surface area contributed by atoms with Crippen LogP contribution in [0.5, 0.6) is 0 Å². The molecule has 7 nitrogen and oxygen atoms in total. The van der Waals surface area contributed by atoms with E-state index < -0.39 is 17.9 Å². The van der Waals surface area contributed by atoms with Crippen molar-refractivity contribution in [3.05, 3.63) is 29.8 Å². The SMILES string of the molecule is CC(NC(=O)c1ccc(NC(=O)C(C)C2CCOCC2)cc1)C(=O)O. The van der Waals surface area contributed by atoms with E-state index in [4.69, 9.17) is 9.84 Å². The third kappa shape index (κ3) is 5.29. The lowest BCUT2D eigenvalue weighted by atomic mass is 9.87. The molecular weight excluding hydrogens is 324 g/mol. The number of carbonyl (C=O) groups excluding carboxylic acids is 2. The highest BCUT2D eigenvalue weighted by molar-refractivity contribution is 5.97. The van der Waals surface area contributed by atoms with Crippen molar-refractivity contribution in [3.8, 4) is 0 Å². The van der Waals surface area contributed by atoms with E-state index >= 15 is 0 Å². The molecule has 2 rings (SSSR count). The van der Waals surface area contributed by atoms with E-state index in [0.717, 1.165) is 12.8 Å². The summed E-state index contributed by atoms with van der Waals surface area (Å²) >= 11 is 0. The Hall–Kier alpha value is -2.41. The highest BCUT2D eigenvalue weighted by Gasteiger charge is 2.26. The zero-order chi connectivity index (χ0) is 18.4. The number of aliphatic carboxylic acids is 1. The predicted molar refractivity (Wildman–Crippen MR) is 92.3 cm³/mol. The van der Waals surface area contributed by atoms with Crippen LogP contribution in [0, 0.1) is 11.8 Å². The van der Waals surface area contributed by atoms with Crippen LogP contribution in [0.1, 0.15) is 37.0 Å². The molecule has 0 aliphatic carbocycles. The molecule has 1 heterocycles. The fourth-order valence-corrected chi connectivity index (χ4v) is 2.73. The van der Waals surface area contributed by atoms with Gasteiger partial charge in [0, 0.05) is 30.4 Å². The quantitative estimate of drug-likeness (QED) is 0.728. The highest BCUT2D eigenvalue weighted by Crippen LogP contribution is 2.24. The molecule has 1 aliphatic heterocycles. The lowest BCUT2D eigenvalue weighted by Crippen LogP contribution is -2.38. The topological polar surface area (TPSA) is 105 Å². The van der Waals surface area contributed by atoms with Crippen LogP contribution in [-0.4, -0.2) is 42.1 Å². The van der Waals surface area contributed by atoms with Gasteiger partial charge in [-0.2, -0.15) is 0 Å². The molecule has 0 spiro atoms. The molecule has 2 unspecified atom stereocenters. The highest BCUT2D eigenvalue weighted by atomic mass is 16.5. The van der Waals surface area contributed by atoms with Crippen molar-refractivity contribution in [1.82, 2.24) is 5.32 Å². The van der Waals surface area contributed by atoms with Crippen molar-refractivity contribution in [3.63, 3.8) is 0 Å². The minimum Gasteiger partial charge on any atom is -0.480 e. The average Bonchev–Trinajstić information content (AvgIpc) is 2.62. The largest absolute Gasteiger partial charge is 0.480 e. The summed E-state index contributed by atoms with van der Waals surface area (Å²) < 4.78 is 5.32. The number of nitrogens with one attached hydrogen (secondary N) is 2. The van der Waals surface area contributed by atoms with Crippen LogP contribution in [0.4, 0.5) is 5.69 Å². The molecule has 0 aromatic heterocycles. The molecule has 1 aliphatic rings. The number of rotatable bonds is 6. The van der Waals surface area contributed by atoms with Gasteiger partial charge >= 0.3 is 5.97 Å². The van der Waals surface area contributed by atoms with E-state index in [1.165, 1.54) is 6.92 Å². The molecule has 7 heteroatoms. The third-order valence-corrected chi connectivity index (χ3v) is 4.52. The van der Waals surface area contributed by atoms with Gasteiger partial charge in [0.25, 0.3) is 5.91 Å². The molecule has 25 heavy (non-hydrogen) atoms. The number of amides is 2. The van der Waals surface area contributed by atoms with Gasteiger partial charge in [-0.15, -0.1) is 0 Å². The van der Waals surface area contributed by atoms with Gasteiger partial charge in [0.1, 0.15) is 6.04 Å². The van der Waals surface area contributed by atoms with Crippen LogP contribution in [0.15, 0.2) is 24.3 Å². The first-order chi connectivity index (χ1) is 11.9. The van der Waals surface area contributed by atoms with Crippen LogP contribution < -0.4 is 10.6 Å². The first-order valence-corrected chi connectivity index (χ1v) is 8.41. The van der Waals surface area contributed by atoms with Crippen molar-refractivity contribution in [2.75, 3.05) is 18.5 Å². The van der Waals surface area contributed by atoms with Crippen LogP contribution in [-0.2, 0) is 14.3 Å². The molecule has 1 aromatic carbocycles. The molecule has 0 bridgehead atoms. The maximum absolute atomic E-state index is 12.4. The normalized spacial score (nSPS) is 17.4. The smallest absolute Gasteiger partial charge is 0.325 e. The lowest BCUT2D eigenvalue weighted by Gasteiger charge is -2.26. The number of benzene rings is 1. The van der Waals surface area contributed by atoms with E-state index in [2.05, 4.69) is 10.6 Å². The second-order valence-electron chi connectivity index (χ2n) is 6.34. The first kappa shape index (κ1) is 18.9. The van der Waals surface area contributed by atoms with Gasteiger partial charge in [-0.3, -0.25) is 14.4 Å². The Morgan fingerprint density at radius 3 is 2.28 bits per heavy atom. The Balaban J connectivity index is 1.92. The molecule has 1 fully saturated rings. The number of hydrogen-bond acceptors (Lipinski definition) is 4. The number of anilines is 1. The summed E-state index contributed by atoms with van der Waals surface area (Å²) in [5, 5.41) is 14.0. The zero-order valence-corrected chi connectivity index (χ0v) is 14.5. The lowest BCUT2D eigenvalue weighted by molar-refractivity contribution is -0.138. The number of carboxylic acids is 1. The maximum Gasteiger partial charge on any atom is 0.325 e. The summed E-state index contributed by atoms with van der Waals surface area (Å²) in [5.74, 6) is -1.41. The summed E-state index contributed by atoms with van der Waals surface area (Å²) in [6, 6.07) is 5.41. The number of carbonyl (C=O) groups is 3. The molecule has 0 saturated carbocycles. The van der Waals surface area contributed by atoms with Gasteiger partial charge in [-0.1, -0.05) is 6.92 Å². The number of ether oxygens (including phenoxy) is 1. The Morgan fingerprint density at radius 2 is 1.72 bits per heavy atom. The summed E-state index contributed by atoms with van der Waals surface area (Å²) in [5.41, 5.74) is 0.940. The van der Waals surface area contributed by atoms with Gasteiger partial charge in [0.15, 0.2) is 0 Å². The van der Waals surface area contributed by atoms with E-state index in [0.29, 0.717) is 30.4 Å². The van der Waals surface area contributed by atoms with E-state index in [9.17, 15) is 14.4 Å². The van der Waals surface area contributed by atoms with Crippen LogP contribution in [0.25, 0.3) is 0 Å². The van der Waals surface area contributed by atoms with E-state index in [-0.39, 0.29) is 11.8 Å². The van der Waals surface area contributed by atoms with Gasteiger partial charge in [-0.05, 0) is 49.9 Å². The Labute approximate surface area is 146 Å². The number of hydrogen-bond donors (Lipinski definition) is 3. The van der Waals surface area contributed by atoms with Crippen molar-refractivity contribution in [2.24, 2.45) is 11.8 Å². The fraction of sp³-hybridized carbons (Fsp3) is 0.500. The van der Waals surface area contributed by atoms with Crippen molar-refractivity contribution >= 4 is 23.5 Å². The molecular formula is C18H24N2O5. The van der Waals surface area contributed by atoms with Crippen molar-refractivity contribution < 1.29 is 24.2 Å². The molecule has 3 N–H and O–H groups in total. The zero-order valence-electron chi connectivity index (χ0n) is 14.5. The monoisotopic (exact) mass is 348 g/mol. The van der Waals surface area contributed by atoms with Crippen molar-refractivity contribution in [2.45, 2.75) is 32.7 Å². The van der Waals surface area contributed by atoms with Gasteiger partial charge in [0.05, 0.1) is 0 Å². The molecule has 0 radical (unpaired) electrons. The number of carboxylic acid groups (broad SMARTS) is 1. The fourth-order valence-electron chi connectivity index (χ4n) is 2.73. The summed E-state index contributed by atoms with van der Waals surface area (Å²) in [4.78, 5) is 35.1. The summed E-state index contributed by atoms with van der Waals surface area (Å²) in [7, 11) is 0. The van der Waals surface area contributed by atoms with Crippen LogP contribution in [0.2, 0.25) is 0 Å². The molecule has 2 amide bonds. The minimum atomic E-state index is -1.10. The van der Waals surface area contributed by atoms with Crippen LogP contribution >= 0.6 is 0 Å². The Morgan fingerprint density at radius 1 is 1.12 bits per heavy atom. The maximum atomic E-state index is 12.4. The van der Waals surface area contributed by atoms with E-state index in [1.807, 2.05) is 6.92 Å². The second-order valence-corrected chi connectivity index (χ2v) is 6.34. The third-order valence-electron chi connectivity index (χ3n) is 4.52. The molecule has 1 aromatic rings. The summed E-state index contributed by atoms with van der Waals surface area (Å²) in [6.45, 7) is 4.70. The van der Waals surface area contributed by atoms with Gasteiger partial charge in [-0.25, -0.2) is 0 Å².